The van der Waals surface area contributed by atoms with E-state index < -0.39 is 10.0 Å². The predicted molar refractivity (Wildman–Crippen MR) is 111 cm³/mol. The van der Waals surface area contributed by atoms with Crippen LogP contribution in [0.25, 0.3) is 0 Å². The van der Waals surface area contributed by atoms with Gasteiger partial charge in [0.15, 0.2) is 17.5 Å². The number of sulfonamides is 1. The standard InChI is InChI=1S/C19H30N4O4S/c1-3-20-19(21-14-15-7-9-23(10-8-15)28(2,24)25)22-16-5-6-17-18(13-16)27-12-4-11-26-17/h5-6,13,15H,3-4,7-12,14H2,1-2H3,(H2,20,21,22). The Morgan fingerprint density at radius 2 is 1.93 bits per heavy atom. The molecule has 0 atom stereocenters. The zero-order chi connectivity index (χ0) is 20.0. The highest BCUT2D eigenvalue weighted by Gasteiger charge is 2.24. The van der Waals surface area contributed by atoms with E-state index in [-0.39, 0.29) is 0 Å². The molecule has 0 bridgehead atoms. The number of nitrogens with one attached hydrogen (secondary N) is 2. The van der Waals surface area contributed by atoms with Crippen molar-refractivity contribution in [1.29, 1.82) is 0 Å². The molecular formula is C19H30N4O4S. The lowest BCUT2D eigenvalue weighted by atomic mass is 9.98. The molecule has 1 fully saturated rings. The molecule has 3 rings (SSSR count). The highest BCUT2D eigenvalue weighted by molar-refractivity contribution is 7.88. The monoisotopic (exact) mass is 410 g/mol. The maximum absolute atomic E-state index is 11.6. The number of hydrogen-bond donors (Lipinski definition) is 2. The van der Waals surface area contributed by atoms with Crippen LogP contribution in [-0.4, -0.2) is 64.3 Å². The van der Waals surface area contributed by atoms with Crippen LogP contribution in [0.15, 0.2) is 23.2 Å². The SMILES string of the molecule is CCNC(=NCC1CCN(S(C)(=O)=O)CC1)Nc1ccc2c(c1)OCCCO2. The third-order valence-electron chi connectivity index (χ3n) is 4.90. The van der Waals surface area contributed by atoms with Gasteiger partial charge in [0.25, 0.3) is 0 Å². The first kappa shape index (κ1) is 20.7. The maximum atomic E-state index is 11.6. The van der Waals surface area contributed by atoms with Crippen LogP contribution >= 0.6 is 0 Å². The summed E-state index contributed by atoms with van der Waals surface area (Å²) in [6.07, 6.45) is 3.81. The molecule has 0 aromatic heterocycles. The van der Waals surface area contributed by atoms with E-state index in [9.17, 15) is 8.42 Å². The maximum Gasteiger partial charge on any atom is 0.211 e. The van der Waals surface area contributed by atoms with Gasteiger partial charge in [-0.05, 0) is 37.8 Å². The van der Waals surface area contributed by atoms with Crippen molar-refractivity contribution >= 4 is 21.7 Å². The molecule has 0 radical (unpaired) electrons. The summed E-state index contributed by atoms with van der Waals surface area (Å²) < 4.78 is 36.2. The lowest BCUT2D eigenvalue weighted by molar-refractivity contribution is 0.280. The third-order valence-corrected chi connectivity index (χ3v) is 6.21. The molecule has 0 unspecified atom stereocenters. The summed E-state index contributed by atoms with van der Waals surface area (Å²) >= 11 is 0. The van der Waals surface area contributed by atoms with Crippen molar-refractivity contribution in [2.75, 3.05) is 51.0 Å². The molecule has 0 spiro atoms. The lowest BCUT2D eigenvalue weighted by Crippen LogP contribution is -2.38. The van der Waals surface area contributed by atoms with E-state index in [2.05, 4.69) is 10.6 Å². The molecule has 1 aromatic carbocycles. The van der Waals surface area contributed by atoms with E-state index in [1.165, 1.54) is 6.26 Å². The summed E-state index contributed by atoms with van der Waals surface area (Å²) in [7, 11) is -3.09. The second kappa shape index (κ2) is 9.47. The number of benzene rings is 1. The Kier molecular flexibility index (Phi) is 7.01. The van der Waals surface area contributed by atoms with Crippen LogP contribution in [0.3, 0.4) is 0 Å². The van der Waals surface area contributed by atoms with Crippen molar-refractivity contribution in [2.45, 2.75) is 26.2 Å². The summed E-state index contributed by atoms with van der Waals surface area (Å²) in [6.45, 7) is 5.91. The molecule has 2 aliphatic heterocycles. The smallest absolute Gasteiger partial charge is 0.211 e. The first-order valence-corrected chi connectivity index (χ1v) is 11.7. The number of aliphatic imine (C=N–C) groups is 1. The molecule has 1 saturated heterocycles. The van der Waals surface area contributed by atoms with Crippen molar-refractivity contribution in [2.24, 2.45) is 10.9 Å². The lowest BCUT2D eigenvalue weighted by Gasteiger charge is -2.29. The molecule has 8 nitrogen and oxygen atoms in total. The van der Waals surface area contributed by atoms with Gasteiger partial charge in [0.05, 0.1) is 19.5 Å². The molecule has 1 aromatic rings. The fourth-order valence-corrected chi connectivity index (χ4v) is 4.20. The molecule has 28 heavy (non-hydrogen) atoms. The second-order valence-corrected chi connectivity index (χ2v) is 9.14. The fraction of sp³-hybridized carbons (Fsp3) is 0.632. The second-order valence-electron chi connectivity index (χ2n) is 7.16. The van der Waals surface area contributed by atoms with Crippen molar-refractivity contribution in [1.82, 2.24) is 9.62 Å². The van der Waals surface area contributed by atoms with Crippen LogP contribution < -0.4 is 20.1 Å². The van der Waals surface area contributed by atoms with Crippen molar-refractivity contribution in [3.63, 3.8) is 0 Å². The van der Waals surface area contributed by atoms with Gasteiger partial charge in [-0.3, -0.25) is 4.99 Å². The van der Waals surface area contributed by atoms with Crippen LogP contribution in [0.1, 0.15) is 26.2 Å². The summed E-state index contributed by atoms with van der Waals surface area (Å²) in [5.41, 5.74) is 0.885. The topological polar surface area (TPSA) is 92.3 Å². The molecule has 0 aliphatic carbocycles. The first-order chi connectivity index (χ1) is 13.5. The van der Waals surface area contributed by atoms with Gasteiger partial charge in [-0.25, -0.2) is 12.7 Å². The Morgan fingerprint density at radius 1 is 1.21 bits per heavy atom. The molecule has 2 heterocycles. The zero-order valence-corrected chi connectivity index (χ0v) is 17.4. The Hall–Kier alpha value is -2.00. The average Bonchev–Trinajstić information content (AvgIpc) is 2.91. The van der Waals surface area contributed by atoms with Gasteiger partial charge in [-0.15, -0.1) is 0 Å². The number of nitrogens with zero attached hydrogens (tertiary/aromatic N) is 2. The molecule has 0 amide bonds. The van der Waals surface area contributed by atoms with Crippen LogP contribution in [-0.2, 0) is 10.0 Å². The summed E-state index contributed by atoms with van der Waals surface area (Å²) in [5.74, 6) is 2.61. The highest BCUT2D eigenvalue weighted by atomic mass is 32.2. The number of hydrogen-bond acceptors (Lipinski definition) is 5. The molecule has 9 heteroatoms. The first-order valence-electron chi connectivity index (χ1n) is 9.86. The highest BCUT2D eigenvalue weighted by Crippen LogP contribution is 2.32. The molecule has 156 valence electrons. The number of fused-ring (bicyclic) bond motifs is 1. The Labute approximate surface area is 167 Å². The zero-order valence-electron chi connectivity index (χ0n) is 16.6. The normalized spacial score (nSPS) is 19.1. The molecule has 2 aliphatic rings. The molecule has 2 N–H and O–H groups in total. The Bertz CT molecular complexity index is 789. The van der Waals surface area contributed by atoms with Gasteiger partial charge in [-0.2, -0.15) is 0 Å². The van der Waals surface area contributed by atoms with Crippen molar-refractivity contribution in [3.8, 4) is 11.5 Å². The van der Waals surface area contributed by atoms with Crippen molar-refractivity contribution in [3.05, 3.63) is 18.2 Å². The largest absolute Gasteiger partial charge is 0.490 e. The summed E-state index contributed by atoms with van der Waals surface area (Å²) in [5, 5.41) is 6.58. The number of piperidine rings is 1. The van der Waals surface area contributed by atoms with Crippen LogP contribution in [0, 0.1) is 5.92 Å². The summed E-state index contributed by atoms with van der Waals surface area (Å²) in [6, 6.07) is 5.79. The number of guanidine groups is 1. The Morgan fingerprint density at radius 3 is 2.61 bits per heavy atom. The fourth-order valence-electron chi connectivity index (χ4n) is 3.33. The van der Waals surface area contributed by atoms with E-state index in [1.807, 2.05) is 25.1 Å². The average molecular weight is 411 g/mol. The van der Waals surface area contributed by atoms with Crippen LogP contribution in [0.2, 0.25) is 0 Å². The van der Waals surface area contributed by atoms with E-state index >= 15 is 0 Å². The number of anilines is 1. The van der Waals surface area contributed by atoms with Gasteiger partial charge in [0, 0.05) is 44.4 Å². The van der Waals surface area contributed by atoms with E-state index in [0.717, 1.165) is 43.0 Å². The summed E-state index contributed by atoms with van der Waals surface area (Å²) in [4.78, 5) is 4.70. The predicted octanol–water partition coefficient (Wildman–Crippen LogP) is 1.90. The minimum Gasteiger partial charge on any atom is -0.490 e. The molecule has 0 saturated carbocycles. The van der Waals surface area contributed by atoms with Gasteiger partial charge < -0.3 is 20.1 Å². The van der Waals surface area contributed by atoms with Crippen molar-refractivity contribution < 1.29 is 17.9 Å². The van der Waals surface area contributed by atoms with Gasteiger partial charge >= 0.3 is 0 Å². The van der Waals surface area contributed by atoms with Gasteiger partial charge in [0.2, 0.25) is 10.0 Å². The van der Waals surface area contributed by atoms with E-state index in [4.69, 9.17) is 14.5 Å². The van der Waals surface area contributed by atoms with E-state index in [1.54, 1.807) is 4.31 Å². The minimum atomic E-state index is -3.09. The quantitative estimate of drug-likeness (QED) is 0.569. The van der Waals surface area contributed by atoms with Gasteiger partial charge in [0.1, 0.15) is 0 Å². The van der Waals surface area contributed by atoms with E-state index in [0.29, 0.717) is 44.7 Å². The van der Waals surface area contributed by atoms with Crippen LogP contribution in [0.4, 0.5) is 5.69 Å². The minimum absolute atomic E-state index is 0.386. The third kappa shape index (κ3) is 5.75. The number of rotatable bonds is 5. The molecular weight excluding hydrogens is 380 g/mol. The van der Waals surface area contributed by atoms with Gasteiger partial charge in [-0.1, -0.05) is 0 Å². The number of ether oxygens (including phenoxy) is 2. The Balaban J connectivity index is 1.60. The van der Waals surface area contributed by atoms with Crippen LogP contribution in [0.5, 0.6) is 11.5 Å².